The van der Waals surface area contributed by atoms with Gasteiger partial charge in [0.05, 0.1) is 20.3 Å². The van der Waals surface area contributed by atoms with Gasteiger partial charge in [0.15, 0.2) is 0 Å². The summed E-state index contributed by atoms with van der Waals surface area (Å²) >= 11 is 0. The molecule has 1 aliphatic rings. The minimum absolute atomic E-state index is 0.0544. The molecule has 0 saturated heterocycles. The Balaban J connectivity index is 1.92. The Morgan fingerprint density at radius 2 is 1.80 bits per heavy atom. The zero-order valence-electron chi connectivity index (χ0n) is 15.2. The quantitative estimate of drug-likeness (QED) is 0.668. The van der Waals surface area contributed by atoms with E-state index in [1.807, 2.05) is 0 Å². The van der Waals surface area contributed by atoms with E-state index < -0.39 is 6.10 Å². The van der Waals surface area contributed by atoms with Crippen LogP contribution in [-0.2, 0) is 4.79 Å². The third kappa shape index (κ3) is 5.34. The number of nitrogens with two attached hydrogens (primary N) is 1. The van der Waals surface area contributed by atoms with Crippen LogP contribution in [0, 0.1) is 5.41 Å². The Morgan fingerprint density at radius 1 is 1.20 bits per heavy atom. The molecule has 1 aromatic rings. The number of hydrogen-bond acceptors (Lipinski definition) is 5. The Hall–Kier alpha value is -1.79. The molecule has 0 aromatic heterocycles. The van der Waals surface area contributed by atoms with Crippen molar-refractivity contribution in [2.24, 2.45) is 11.1 Å². The van der Waals surface area contributed by atoms with Crippen molar-refractivity contribution < 1.29 is 19.4 Å². The fraction of sp³-hybridized carbons (Fsp3) is 0.632. The van der Waals surface area contributed by atoms with E-state index in [0.29, 0.717) is 30.0 Å². The first kappa shape index (κ1) is 19.5. The molecular weight excluding hydrogens is 320 g/mol. The van der Waals surface area contributed by atoms with Crippen molar-refractivity contribution in [1.29, 1.82) is 0 Å². The second kappa shape index (κ2) is 9.06. The predicted octanol–water partition coefficient (Wildman–Crippen LogP) is 2.15. The van der Waals surface area contributed by atoms with Gasteiger partial charge in [-0.2, -0.15) is 0 Å². The van der Waals surface area contributed by atoms with E-state index in [-0.39, 0.29) is 17.9 Å². The lowest BCUT2D eigenvalue weighted by Crippen LogP contribution is -2.39. The van der Waals surface area contributed by atoms with Crippen LogP contribution in [0.5, 0.6) is 11.5 Å². The molecule has 0 heterocycles. The summed E-state index contributed by atoms with van der Waals surface area (Å²) in [6, 6.07) is 5.21. The number of carbonyl (C=O) groups excluding carboxylic acids is 1. The van der Waals surface area contributed by atoms with Crippen molar-refractivity contribution in [2.45, 2.75) is 44.6 Å². The molecule has 6 nitrogen and oxygen atoms in total. The SMILES string of the molecule is COc1cc(OC)cc(C(O)CNC(=O)CC2(CN)CCCCC2)c1. The molecule has 0 aliphatic heterocycles. The van der Waals surface area contributed by atoms with Gasteiger partial charge < -0.3 is 25.6 Å². The van der Waals surface area contributed by atoms with E-state index in [2.05, 4.69) is 5.32 Å². The molecule has 0 spiro atoms. The molecule has 1 unspecified atom stereocenters. The van der Waals surface area contributed by atoms with Crippen molar-refractivity contribution in [2.75, 3.05) is 27.3 Å². The average Bonchev–Trinajstić information content (AvgIpc) is 2.66. The van der Waals surface area contributed by atoms with E-state index in [0.717, 1.165) is 25.7 Å². The number of aliphatic hydroxyl groups excluding tert-OH is 1. The normalized spacial score (nSPS) is 17.6. The van der Waals surface area contributed by atoms with Crippen molar-refractivity contribution in [3.63, 3.8) is 0 Å². The highest BCUT2D eigenvalue weighted by molar-refractivity contribution is 5.76. The molecule has 0 radical (unpaired) electrons. The van der Waals surface area contributed by atoms with Gasteiger partial charge in [-0.05, 0) is 42.5 Å². The van der Waals surface area contributed by atoms with Crippen LogP contribution in [0.15, 0.2) is 18.2 Å². The standard InChI is InChI=1S/C19H30N2O4/c1-24-15-8-14(9-16(10-15)25-2)17(22)12-21-18(23)11-19(13-20)6-4-3-5-7-19/h8-10,17,22H,3-7,11-13,20H2,1-2H3,(H,21,23). The monoisotopic (exact) mass is 350 g/mol. The first-order valence-corrected chi connectivity index (χ1v) is 8.90. The second-order valence-corrected chi connectivity index (χ2v) is 6.91. The first-order valence-electron chi connectivity index (χ1n) is 8.90. The molecule has 6 heteroatoms. The minimum Gasteiger partial charge on any atom is -0.497 e. The number of amides is 1. The molecule has 0 bridgehead atoms. The van der Waals surface area contributed by atoms with Crippen LogP contribution in [0.4, 0.5) is 0 Å². The number of rotatable bonds is 8. The molecule has 1 amide bonds. The highest BCUT2D eigenvalue weighted by atomic mass is 16.5. The van der Waals surface area contributed by atoms with Crippen LogP contribution in [0.1, 0.15) is 50.2 Å². The predicted molar refractivity (Wildman–Crippen MR) is 96.7 cm³/mol. The van der Waals surface area contributed by atoms with Gasteiger partial charge in [-0.15, -0.1) is 0 Å². The number of hydrogen-bond donors (Lipinski definition) is 3. The van der Waals surface area contributed by atoms with Crippen molar-refractivity contribution in [3.8, 4) is 11.5 Å². The summed E-state index contributed by atoms with van der Waals surface area (Å²) in [7, 11) is 3.12. The van der Waals surface area contributed by atoms with Gasteiger partial charge in [-0.3, -0.25) is 4.79 Å². The summed E-state index contributed by atoms with van der Waals surface area (Å²) in [6.07, 6.45) is 5.11. The van der Waals surface area contributed by atoms with Gasteiger partial charge in [0.1, 0.15) is 11.5 Å². The fourth-order valence-corrected chi connectivity index (χ4v) is 3.51. The Morgan fingerprint density at radius 3 is 2.32 bits per heavy atom. The van der Waals surface area contributed by atoms with E-state index in [1.165, 1.54) is 6.42 Å². The molecule has 140 valence electrons. The number of benzene rings is 1. The molecular formula is C19H30N2O4. The maximum atomic E-state index is 12.3. The summed E-state index contributed by atoms with van der Waals surface area (Å²) in [6.45, 7) is 0.686. The molecule has 4 N–H and O–H groups in total. The van der Waals surface area contributed by atoms with Crippen LogP contribution < -0.4 is 20.5 Å². The highest BCUT2D eigenvalue weighted by Gasteiger charge is 2.33. The molecule has 1 atom stereocenters. The summed E-state index contributed by atoms with van der Waals surface area (Å²) in [5.74, 6) is 1.15. The molecule has 1 saturated carbocycles. The maximum Gasteiger partial charge on any atom is 0.220 e. The lowest BCUT2D eigenvalue weighted by atomic mass is 9.71. The maximum absolute atomic E-state index is 12.3. The molecule has 25 heavy (non-hydrogen) atoms. The van der Waals surface area contributed by atoms with E-state index in [9.17, 15) is 9.90 Å². The third-order valence-corrected chi connectivity index (χ3v) is 5.13. The zero-order valence-corrected chi connectivity index (χ0v) is 15.2. The van der Waals surface area contributed by atoms with Crippen LogP contribution in [0.25, 0.3) is 0 Å². The second-order valence-electron chi connectivity index (χ2n) is 6.91. The van der Waals surface area contributed by atoms with E-state index in [4.69, 9.17) is 15.2 Å². The van der Waals surface area contributed by atoms with E-state index in [1.54, 1.807) is 32.4 Å². The summed E-state index contributed by atoms with van der Waals surface area (Å²) in [5, 5.41) is 13.2. The van der Waals surface area contributed by atoms with E-state index >= 15 is 0 Å². The van der Waals surface area contributed by atoms with Gasteiger partial charge in [-0.25, -0.2) is 0 Å². The topological polar surface area (TPSA) is 93.8 Å². The lowest BCUT2D eigenvalue weighted by molar-refractivity contribution is -0.124. The number of carbonyl (C=O) groups is 1. The fourth-order valence-electron chi connectivity index (χ4n) is 3.51. The van der Waals surface area contributed by atoms with Gasteiger partial charge in [0.25, 0.3) is 0 Å². The van der Waals surface area contributed by atoms with Crippen molar-refractivity contribution in [3.05, 3.63) is 23.8 Å². The molecule has 1 fully saturated rings. The van der Waals surface area contributed by atoms with Crippen LogP contribution in [-0.4, -0.2) is 38.3 Å². The molecule has 1 aromatic carbocycles. The van der Waals surface area contributed by atoms with Crippen molar-refractivity contribution >= 4 is 5.91 Å². The average molecular weight is 350 g/mol. The van der Waals surface area contributed by atoms with Crippen molar-refractivity contribution in [1.82, 2.24) is 5.32 Å². The number of ether oxygens (including phenoxy) is 2. The number of nitrogens with one attached hydrogen (secondary N) is 1. The van der Waals surface area contributed by atoms with Crippen LogP contribution in [0.2, 0.25) is 0 Å². The summed E-state index contributed by atoms with van der Waals surface area (Å²) < 4.78 is 10.4. The third-order valence-electron chi connectivity index (χ3n) is 5.13. The van der Waals surface area contributed by atoms with Gasteiger partial charge in [0, 0.05) is 19.0 Å². The Bertz CT molecular complexity index is 548. The molecule has 1 aliphatic carbocycles. The highest BCUT2D eigenvalue weighted by Crippen LogP contribution is 2.38. The Labute approximate surface area is 149 Å². The zero-order chi connectivity index (χ0) is 18.3. The largest absolute Gasteiger partial charge is 0.497 e. The molecule has 2 rings (SSSR count). The minimum atomic E-state index is -0.826. The van der Waals surface area contributed by atoms with Gasteiger partial charge >= 0.3 is 0 Å². The number of aliphatic hydroxyl groups is 1. The lowest BCUT2D eigenvalue weighted by Gasteiger charge is -2.35. The summed E-state index contributed by atoms with van der Waals surface area (Å²) in [4.78, 5) is 12.3. The van der Waals surface area contributed by atoms with Gasteiger partial charge in [-0.1, -0.05) is 19.3 Å². The van der Waals surface area contributed by atoms with Gasteiger partial charge in [0.2, 0.25) is 5.91 Å². The number of methoxy groups -OCH3 is 2. The van der Waals surface area contributed by atoms with Crippen LogP contribution in [0.3, 0.4) is 0 Å². The van der Waals surface area contributed by atoms with Crippen LogP contribution >= 0.6 is 0 Å². The smallest absolute Gasteiger partial charge is 0.220 e. The first-order chi connectivity index (χ1) is 12.0. The Kier molecular flexibility index (Phi) is 7.08. The summed E-state index contributed by atoms with van der Waals surface area (Å²) in [5.41, 5.74) is 6.50.